The molecule has 0 saturated carbocycles. The largest absolute Gasteiger partial charge is 0.455 e. The number of likely N-dealkylation sites (tertiary alicyclic amines) is 1. The third-order valence-electron chi connectivity index (χ3n) is 4.84. The van der Waals surface area contributed by atoms with Crippen LogP contribution in [0.15, 0.2) is 16.5 Å². The standard InChI is InChI=1S/C18H28N2O4/c1-14-5-7-20(8-6-14)12-15-3-4-17(24-15)18(21)19(2)11-16-13-22-9-10-23-16/h3-4,14,16H,5-13H2,1-2H3/t16-/m1/s1. The van der Waals surface area contributed by atoms with Gasteiger partial charge in [-0.15, -0.1) is 0 Å². The lowest BCUT2D eigenvalue weighted by atomic mass is 9.99. The maximum Gasteiger partial charge on any atom is 0.289 e. The Bertz CT molecular complexity index is 531. The fourth-order valence-corrected chi connectivity index (χ4v) is 3.24. The average Bonchev–Trinajstić information content (AvgIpc) is 3.05. The van der Waals surface area contributed by atoms with E-state index in [4.69, 9.17) is 13.9 Å². The summed E-state index contributed by atoms with van der Waals surface area (Å²) >= 11 is 0. The highest BCUT2D eigenvalue weighted by Gasteiger charge is 2.23. The third kappa shape index (κ3) is 4.59. The molecule has 3 rings (SSSR count). The summed E-state index contributed by atoms with van der Waals surface area (Å²) in [5.41, 5.74) is 0. The molecule has 2 fully saturated rings. The molecule has 0 radical (unpaired) electrons. The van der Waals surface area contributed by atoms with Gasteiger partial charge in [-0.25, -0.2) is 0 Å². The molecule has 2 aliphatic heterocycles. The van der Waals surface area contributed by atoms with Crippen LogP contribution in [0.4, 0.5) is 0 Å². The number of hydrogen-bond acceptors (Lipinski definition) is 5. The first-order valence-electron chi connectivity index (χ1n) is 8.87. The number of rotatable bonds is 5. The molecule has 1 amide bonds. The van der Waals surface area contributed by atoms with Gasteiger partial charge >= 0.3 is 0 Å². The van der Waals surface area contributed by atoms with E-state index >= 15 is 0 Å². The van der Waals surface area contributed by atoms with E-state index in [1.54, 1.807) is 18.0 Å². The number of carbonyl (C=O) groups is 1. The molecule has 2 saturated heterocycles. The molecule has 1 atom stereocenters. The molecule has 1 aromatic heterocycles. The topological polar surface area (TPSA) is 55.2 Å². The highest BCUT2D eigenvalue weighted by atomic mass is 16.6. The fourth-order valence-electron chi connectivity index (χ4n) is 3.24. The van der Waals surface area contributed by atoms with E-state index in [2.05, 4.69) is 11.8 Å². The van der Waals surface area contributed by atoms with Crippen LogP contribution in [-0.2, 0) is 16.0 Å². The number of nitrogens with zero attached hydrogens (tertiary/aromatic N) is 2. The molecule has 0 aromatic carbocycles. The predicted molar refractivity (Wildman–Crippen MR) is 89.9 cm³/mol. The summed E-state index contributed by atoms with van der Waals surface area (Å²) in [6.45, 7) is 7.56. The van der Waals surface area contributed by atoms with Gasteiger partial charge in [-0.3, -0.25) is 9.69 Å². The highest BCUT2D eigenvalue weighted by Crippen LogP contribution is 2.19. The summed E-state index contributed by atoms with van der Waals surface area (Å²) in [7, 11) is 1.77. The van der Waals surface area contributed by atoms with E-state index in [0.717, 1.165) is 31.3 Å². The molecule has 0 bridgehead atoms. The van der Waals surface area contributed by atoms with Crippen molar-refractivity contribution < 1.29 is 18.7 Å². The van der Waals surface area contributed by atoms with Gasteiger partial charge in [0.1, 0.15) is 5.76 Å². The summed E-state index contributed by atoms with van der Waals surface area (Å²) in [5, 5.41) is 0. The Morgan fingerprint density at radius 1 is 1.29 bits per heavy atom. The first-order valence-corrected chi connectivity index (χ1v) is 8.87. The molecule has 0 spiro atoms. The normalized spacial score (nSPS) is 23.3. The van der Waals surface area contributed by atoms with Crippen LogP contribution in [0.5, 0.6) is 0 Å². The number of carbonyl (C=O) groups excluding carboxylic acids is 1. The van der Waals surface area contributed by atoms with Gasteiger partial charge in [0.15, 0.2) is 5.76 Å². The van der Waals surface area contributed by atoms with Crippen molar-refractivity contribution in [1.29, 1.82) is 0 Å². The van der Waals surface area contributed by atoms with Gasteiger partial charge in [-0.05, 0) is 44.0 Å². The molecule has 6 heteroatoms. The summed E-state index contributed by atoms with van der Waals surface area (Å²) in [4.78, 5) is 16.5. The Balaban J connectivity index is 1.51. The molecule has 0 unspecified atom stereocenters. The number of likely N-dealkylation sites (N-methyl/N-ethyl adjacent to an activating group) is 1. The zero-order chi connectivity index (χ0) is 16.9. The Morgan fingerprint density at radius 2 is 2.08 bits per heavy atom. The molecule has 0 N–H and O–H groups in total. The number of piperidine rings is 1. The van der Waals surface area contributed by atoms with Crippen molar-refractivity contribution in [1.82, 2.24) is 9.80 Å². The minimum atomic E-state index is -0.109. The van der Waals surface area contributed by atoms with Crippen LogP contribution in [0.2, 0.25) is 0 Å². The van der Waals surface area contributed by atoms with Crippen molar-refractivity contribution in [3.05, 3.63) is 23.7 Å². The van der Waals surface area contributed by atoms with Crippen molar-refractivity contribution in [2.24, 2.45) is 5.92 Å². The lowest BCUT2D eigenvalue weighted by Gasteiger charge is -2.29. The Labute approximate surface area is 143 Å². The summed E-state index contributed by atoms with van der Waals surface area (Å²) < 4.78 is 16.7. The van der Waals surface area contributed by atoms with Gasteiger partial charge in [0.25, 0.3) is 5.91 Å². The monoisotopic (exact) mass is 336 g/mol. The predicted octanol–water partition coefficient (Wildman–Crippen LogP) is 2.00. The molecule has 0 aliphatic carbocycles. The van der Waals surface area contributed by atoms with Crippen LogP contribution < -0.4 is 0 Å². The smallest absolute Gasteiger partial charge is 0.289 e. The summed E-state index contributed by atoms with van der Waals surface area (Å²) in [6.07, 6.45) is 2.41. The second-order valence-corrected chi connectivity index (χ2v) is 6.98. The molecule has 24 heavy (non-hydrogen) atoms. The van der Waals surface area contributed by atoms with E-state index < -0.39 is 0 Å². The Hall–Kier alpha value is -1.37. The van der Waals surface area contributed by atoms with Crippen molar-refractivity contribution in [3.8, 4) is 0 Å². The quantitative estimate of drug-likeness (QED) is 0.823. The first kappa shape index (κ1) is 17.5. The van der Waals surface area contributed by atoms with Crippen LogP contribution in [0.3, 0.4) is 0 Å². The molecule has 3 heterocycles. The Kier molecular flexibility index (Phi) is 5.92. The van der Waals surface area contributed by atoms with Gasteiger partial charge in [0.05, 0.1) is 32.5 Å². The lowest BCUT2D eigenvalue weighted by molar-refractivity contribution is -0.0934. The highest BCUT2D eigenvalue weighted by molar-refractivity contribution is 5.91. The third-order valence-corrected chi connectivity index (χ3v) is 4.84. The van der Waals surface area contributed by atoms with Gasteiger partial charge in [-0.1, -0.05) is 6.92 Å². The van der Waals surface area contributed by atoms with E-state index in [0.29, 0.717) is 32.1 Å². The van der Waals surface area contributed by atoms with Gasteiger partial charge in [0, 0.05) is 13.6 Å². The maximum atomic E-state index is 12.5. The average molecular weight is 336 g/mol. The molecular formula is C18H28N2O4. The van der Waals surface area contributed by atoms with E-state index in [1.165, 1.54) is 12.8 Å². The molecule has 134 valence electrons. The van der Waals surface area contributed by atoms with Crippen molar-refractivity contribution >= 4 is 5.91 Å². The summed E-state index contributed by atoms with van der Waals surface area (Å²) in [6, 6.07) is 3.69. The number of furan rings is 1. The fraction of sp³-hybridized carbons (Fsp3) is 0.722. The second-order valence-electron chi connectivity index (χ2n) is 6.98. The number of amides is 1. The van der Waals surface area contributed by atoms with Crippen LogP contribution in [0, 0.1) is 5.92 Å². The zero-order valence-electron chi connectivity index (χ0n) is 14.7. The molecule has 1 aromatic rings. The molecule has 6 nitrogen and oxygen atoms in total. The Morgan fingerprint density at radius 3 is 2.79 bits per heavy atom. The second kappa shape index (κ2) is 8.14. The van der Waals surface area contributed by atoms with Gasteiger partial charge < -0.3 is 18.8 Å². The van der Waals surface area contributed by atoms with Crippen LogP contribution in [-0.4, -0.2) is 68.3 Å². The number of ether oxygens (including phenoxy) is 2. The maximum absolute atomic E-state index is 12.5. The minimum Gasteiger partial charge on any atom is -0.455 e. The lowest BCUT2D eigenvalue weighted by Crippen LogP contribution is -2.40. The number of hydrogen-bond donors (Lipinski definition) is 0. The summed E-state index contributed by atoms with van der Waals surface area (Å²) in [5.74, 6) is 1.96. The van der Waals surface area contributed by atoms with Gasteiger partial charge in [-0.2, -0.15) is 0 Å². The van der Waals surface area contributed by atoms with Crippen molar-refractivity contribution in [2.75, 3.05) is 46.5 Å². The van der Waals surface area contributed by atoms with E-state index in [1.807, 2.05) is 6.07 Å². The van der Waals surface area contributed by atoms with E-state index in [9.17, 15) is 4.79 Å². The molecule has 2 aliphatic rings. The van der Waals surface area contributed by atoms with E-state index in [-0.39, 0.29) is 12.0 Å². The van der Waals surface area contributed by atoms with Gasteiger partial charge in [0.2, 0.25) is 0 Å². The van der Waals surface area contributed by atoms with Crippen LogP contribution in [0.1, 0.15) is 36.1 Å². The SMILES string of the molecule is CC1CCN(Cc2ccc(C(=O)N(C)C[C@@H]3COCCO3)o2)CC1. The minimum absolute atomic E-state index is 0.0579. The first-order chi connectivity index (χ1) is 11.6. The van der Waals surface area contributed by atoms with Crippen LogP contribution in [0.25, 0.3) is 0 Å². The van der Waals surface area contributed by atoms with Crippen molar-refractivity contribution in [2.45, 2.75) is 32.4 Å². The van der Waals surface area contributed by atoms with Crippen LogP contribution >= 0.6 is 0 Å². The molecular weight excluding hydrogens is 308 g/mol. The zero-order valence-corrected chi connectivity index (χ0v) is 14.7. The van der Waals surface area contributed by atoms with Crippen molar-refractivity contribution in [3.63, 3.8) is 0 Å².